The molecule has 0 radical (unpaired) electrons. The van der Waals surface area contributed by atoms with E-state index in [1.165, 1.54) is 12.8 Å². The molecule has 4 rings (SSSR count). The van der Waals surface area contributed by atoms with E-state index in [0.717, 1.165) is 12.3 Å². The predicted octanol–water partition coefficient (Wildman–Crippen LogP) is 0.771. The summed E-state index contributed by atoms with van der Waals surface area (Å²) in [5, 5.41) is 17.4. The monoisotopic (exact) mass is 239 g/mol. The van der Waals surface area contributed by atoms with Gasteiger partial charge in [0.15, 0.2) is 0 Å². The normalized spacial score (nSPS) is 54.1. The second-order valence-corrected chi connectivity index (χ2v) is 5.60. The van der Waals surface area contributed by atoms with Gasteiger partial charge in [-0.2, -0.15) is 0 Å². The van der Waals surface area contributed by atoms with Gasteiger partial charge in [0.2, 0.25) is 0 Å². The maximum Gasteiger partial charge on any atom is 0.0900 e. The zero-order valence-electron chi connectivity index (χ0n) is 9.31. The molecule has 4 fully saturated rings. The molecule has 2 N–H and O–H groups in total. The summed E-state index contributed by atoms with van der Waals surface area (Å²) in [7, 11) is 0. The second-order valence-electron chi connectivity index (χ2n) is 5.60. The van der Waals surface area contributed by atoms with Gasteiger partial charge in [-0.15, -0.1) is 0 Å². The van der Waals surface area contributed by atoms with Crippen molar-refractivity contribution in [2.75, 3.05) is 0 Å². The van der Waals surface area contributed by atoms with Gasteiger partial charge >= 0.3 is 0 Å². The zero-order chi connectivity index (χ0) is 11.6. The van der Waals surface area contributed by atoms with E-state index < -0.39 is 0 Å². The Morgan fingerprint density at radius 1 is 1.29 bits per heavy atom. The van der Waals surface area contributed by atoms with Crippen LogP contribution in [0.25, 0.3) is 0 Å². The first-order valence-electron chi connectivity index (χ1n) is 6.18. The van der Waals surface area contributed by atoms with Gasteiger partial charge in [-0.1, -0.05) is 5.22 Å². The van der Waals surface area contributed by atoms with Gasteiger partial charge in [-0.3, -0.25) is 4.84 Å². The molecule has 94 valence electrons. The van der Waals surface area contributed by atoms with Crippen molar-refractivity contribution in [3.8, 4) is 0 Å². The van der Waals surface area contributed by atoms with Crippen LogP contribution in [0.1, 0.15) is 19.3 Å². The minimum absolute atomic E-state index is 0.0350. The van der Waals surface area contributed by atoms with Crippen LogP contribution in [-0.4, -0.2) is 23.6 Å². The highest BCUT2D eigenvalue weighted by atomic mass is 16.9. The topological polar surface area (TPSA) is 98.8 Å². The van der Waals surface area contributed by atoms with Crippen LogP contribution >= 0.6 is 0 Å². The van der Waals surface area contributed by atoms with Gasteiger partial charge in [0, 0.05) is 0 Å². The Morgan fingerprint density at radius 3 is 3.00 bits per heavy atom. The largest absolute Gasteiger partial charge is 0.715 e. The molecule has 3 aliphatic carbocycles. The lowest BCUT2D eigenvalue weighted by Gasteiger charge is -2.35. The number of nitrogens with two attached hydrogens (primary N) is 1. The Kier molecular flexibility index (Phi) is 1.95. The molecule has 7 heteroatoms. The van der Waals surface area contributed by atoms with Crippen molar-refractivity contribution in [3.63, 3.8) is 0 Å². The molecule has 7 atom stereocenters. The fraction of sp³-hybridized carbons (Fsp3) is 1.00. The lowest BCUT2D eigenvalue weighted by atomic mass is 9.79. The maximum absolute atomic E-state index is 11.2. The summed E-state index contributed by atoms with van der Waals surface area (Å²) in [6, 6.07) is 0. The molecule has 4 aliphatic rings. The quantitative estimate of drug-likeness (QED) is 0.339. The van der Waals surface area contributed by atoms with Crippen LogP contribution in [-0.2, 0) is 9.57 Å². The minimum atomic E-state index is -0.0350. The Balaban J connectivity index is 1.47. The van der Waals surface area contributed by atoms with Gasteiger partial charge in [0.25, 0.3) is 0 Å². The molecule has 0 aromatic heterocycles. The second kappa shape index (κ2) is 3.30. The Labute approximate surface area is 98.4 Å². The third-order valence-electron chi connectivity index (χ3n) is 5.04. The van der Waals surface area contributed by atoms with E-state index >= 15 is 0 Å². The average Bonchev–Trinajstić information content (AvgIpc) is 2.69. The molecule has 1 heterocycles. The van der Waals surface area contributed by atoms with E-state index in [9.17, 15) is 5.21 Å². The molecule has 17 heavy (non-hydrogen) atoms. The average molecular weight is 239 g/mol. The fourth-order valence-corrected chi connectivity index (χ4v) is 4.55. The molecule has 0 aromatic carbocycles. The molecule has 0 amide bonds. The first-order chi connectivity index (χ1) is 8.28. The van der Waals surface area contributed by atoms with Crippen molar-refractivity contribution < 1.29 is 9.57 Å². The van der Waals surface area contributed by atoms with E-state index in [1.807, 2.05) is 0 Å². The number of ether oxygens (including phenoxy) is 1. The van der Waals surface area contributed by atoms with Crippen LogP contribution < -0.4 is 5.84 Å². The Hall–Kier alpha value is -0.920. The van der Waals surface area contributed by atoms with Gasteiger partial charge in [-0.05, 0) is 48.2 Å². The van der Waals surface area contributed by atoms with Gasteiger partial charge < -0.3 is 15.8 Å². The minimum Gasteiger partial charge on any atom is -0.715 e. The molecule has 0 spiro atoms. The summed E-state index contributed by atoms with van der Waals surface area (Å²) >= 11 is 0. The summed E-state index contributed by atoms with van der Waals surface area (Å²) in [5.74, 6) is 7.37. The van der Waals surface area contributed by atoms with Crippen LogP contribution in [0.2, 0.25) is 0 Å². The summed E-state index contributed by atoms with van der Waals surface area (Å²) in [6.45, 7) is 0. The van der Waals surface area contributed by atoms with Crippen LogP contribution in [0.5, 0.6) is 0 Å². The van der Waals surface area contributed by atoms with E-state index in [2.05, 4.69) is 10.4 Å². The van der Waals surface area contributed by atoms with Crippen molar-refractivity contribution in [3.05, 3.63) is 5.21 Å². The highest BCUT2D eigenvalue weighted by Crippen LogP contribution is 2.64. The molecule has 0 aromatic rings. The van der Waals surface area contributed by atoms with Crippen LogP contribution in [0.15, 0.2) is 10.4 Å². The van der Waals surface area contributed by atoms with Crippen molar-refractivity contribution in [1.29, 1.82) is 0 Å². The van der Waals surface area contributed by atoms with Crippen LogP contribution in [0.3, 0.4) is 0 Å². The van der Waals surface area contributed by atoms with Gasteiger partial charge in [-0.25, -0.2) is 5.34 Å². The lowest BCUT2D eigenvalue weighted by molar-refractivity contribution is -0.193. The van der Waals surface area contributed by atoms with Crippen LogP contribution in [0, 0.1) is 28.9 Å². The van der Waals surface area contributed by atoms with E-state index in [-0.39, 0.29) is 11.4 Å². The Bertz CT molecular complexity index is 365. The third kappa shape index (κ3) is 1.33. The highest BCUT2D eigenvalue weighted by molar-refractivity contribution is 5.14. The number of epoxide rings is 1. The number of hydrogen-bond acceptors (Lipinski definition) is 5. The summed E-state index contributed by atoms with van der Waals surface area (Å²) < 4.78 is 5.61. The smallest absolute Gasteiger partial charge is 0.0900 e. The number of fused-ring (bicyclic) bond motifs is 7. The predicted molar refractivity (Wildman–Crippen MR) is 55.6 cm³/mol. The molecular weight excluding hydrogens is 224 g/mol. The van der Waals surface area contributed by atoms with Crippen molar-refractivity contribution >= 4 is 0 Å². The summed E-state index contributed by atoms with van der Waals surface area (Å²) in [5.41, 5.74) is 0. The number of rotatable bonds is 3. The van der Waals surface area contributed by atoms with Crippen molar-refractivity contribution in [1.82, 2.24) is 5.34 Å². The number of nitrogens with zero attached hydrogens (tertiary/aromatic N) is 3. The standard InChI is InChI=1S/C10H15N4O3/c11-12-13-14(15)17-7-2-4-1-6(7)9-5(4)3-8-10(9)16-8/h4-10H,1-3H2,(H2,11,13)/q-1. The molecule has 7 unspecified atom stereocenters. The maximum atomic E-state index is 11.2. The molecular formula is C10H15N4O3-. The zero-order valence-corrected chi connectivity index (χ0v) is 9.31. The lowest BCUT2D eigenvalue weighted by Crippen LogP contribution is -2.35. The first kappa shape index (κ1) is 10.0. The van der Waals surface area contributed by atoms with E-state index in [1.54, 1.807) is 0 Å². The first-order valence-corrected chi connectivity index (χ1v) is 6.18. The van der Waals surface area contributed by atoms with Gasteiger partial charge in [0.1, 0.15) is 0 Å². The fourth-order valence-electron chi connectivity index (χ4n) is 4.55. The third-order valence-corrected chi connectivity index (χ3v) is 5.04. The highest BCUT2D eigenvalue weighted by Gasteiger charge is 2.67. The molecule has 1 saturated heterocycles. The SMILES string of the molecule is NN=NN([O-])OC1CC2CC1C1C2CC2OC21. The molecule has 2 bridgehead atoms. The summed E-state index contributed by atoms with van der Waals surface area (Å²) in [6.07, 6.45) is 4.25. The molecule has 7 nitrogen and oxygen atoms in total. The summed E-state index contributed by atoms with van der Waals surface area (Å²) in [4.78, 5) is 5.24. The van der Waals surface area contributed by atoms with Crippen LogP contribution in [0.4, 0.5) is 0 Å². The van der Waals surface area contributed by atoms with E-state index in [4.69, 9.17) is 15.4 Å². The molecule has 1 aliphatic heterocycles. The van der Waals surface area contributed by atoms with Crippen molar-refractivity contribution in [2.24, 2.45) is 40.0 Å². The van der Waals surface area contributed by atoms with Crippen molar-refractivity contribution in [2.45, 2.75) is 37.6 Å². The van der Waals surface area contributed by atoms with Gasteiger partial charge in [0.05, 0.1) is 18.3 Å². The van der Waals surface area contributed by atoms with E-state index in [0.29, 0.717) is 30.0 Å². The Morgan fingerprint density at radius 2 is 2.18 bits per heavy atom. The molecule has 3 saturated carbocycles. The number of hydrogen-bond donors (Lipinski definition) is 1.